The fraction of sp³-hybridized carbons (Fsp3) is 0.105. The Morgan fingerprint density at radius 2 is 1.92 bits per heavy atom. The molecule has 0 radical (unpaired) electrons. The standard InChI is InChI=1S/C19H15BrN2O2S2/c1-22-15-5-3-2-4-13(15)14(10-16-17(23)21-19(24)26-16)18(22)25-12-8-6-11(20)7-9-12/h2-9,23H,10H2,1H3,(H,21,24). The predicted octanol–water partition coefficient (Wildman–Crippen LogP) is 5.14. The Balaban J connectivity index is 1.85. The second-order valence-corrected chi connectivity index (χ2v) is 8.92. The first-order chi connectivity index (χ1) is 12.5. The molecule has 26 heavy (non-hydrogen) atoms. The van der Waals surface area contributed by atoms with Crippen molar-refractivity contribution in [3.63, 3.8) is 0 Å². The van der Waals surface area contributed by atoms with Crippen LogP contribution in [0.25, 0.3) is 10.9 Å². The second-order valence-electron chi connectivity index (χ2n) is 5.88. The van der Waals surface area contributed by atoms with Crippen LogP contribution in [0.4, 0.5) is 0 Å². The average Bonchev–Trinajstić information content (AvgIpc) is 3.08. The lowest BCUT2D eigenvalue weighted by Crippen LogP contribution is -1.93. The maximum atomic E-state index is 11.6. The van der Waals surface area contributed by atoms with Gasteiger partial charge in [0, 0.05) is 33.7 Å². The van der Waals surface area contributed by atoms with Gasteiger partial charge in [-0.25, -0.2) is 0 Å². The number of benzene rings is 2. The first-order valence-corrected chi connectivity index (χ1v) is 10.4. The van der Waals surface area contributed by atoms with E-state index >= 15 is 0 Å². The summed E-state index contributed by atoms with van der Waals surface area (Å²) in [4.78, 5) is 15.6. The molecule has 2 N–H and O–H groups in total. The van der Waals surface area contributed by atoms with E-state index in [0.717, 1.165) is 42.2 Å². The van der Waals surface area contributed by atoms with Gasteiger partial charge in [-0.2, -0.15) is 0 Å². The number of fused-ring (bicyclic) bond motifs is 1. The maximum Gasteiger partial charge on any atom is 0.307 e. The van der Waals surface area contributed by atoms with Gasteiger partial charge in [0.05, 0.1) is 9.90 Å². The normalized spacial score (nSPS) is 11.3. The van der Waals surface area contributed by atoms with Crippen LogP contribution >= 0.6 is 39.0 Å². The zero-order valence-electron chi connectivity index (χ0n) is 13.8. The zero-order valence-corrected chi connectivity index (χ0v) is 17.0. The van der Waals surface area contributed by atoms with Gasteiger partial charge in [0.2, 0.25) is 5.88 Å². The highest BCUT2D eigenvalue weighted by Crippen LogP contribution is 2.39. The molecule has 0 atom stereocenters. The quantitative estimate of drug-likeness (QED) is 0.456. The minimum Gasteiger partial charge on any atom is -0.494 e. The van der Waals surface area contributed by atoms with Crippen molar-refractivity contribution in [2.75, 3.05) is 0 Å². The number of H-pyrrole nitrogens is 1. The number of nitrogens with one attached hydrogen (secondary N) is 1. The van der Waals surface area contributed by atoms with Gasteiger partial charge in [0.15, 0.2) is 0 Å². The fourth-order valence-electron chi connectivity index (χ4n) is 3.00. The molecule has 0 saturated heterocycles. The summed E-state index contributed by atoms with van der Waals surface area (Å²) in [7, 11) is 2.05. The van der Waals surface area contributed by atoms with Gasteiger partial charge < -0.3 is 9.67 Å². The Kier molecular flexibility index (Phi) is 4.69. The largest absolute Gasteiger partial charge is 0.494 e. The van der Waals surface area contributed by atoms with E-state index < -0.39 is 0 Å². The summed E-state index contributed by atoms with van der Waals surface area (Å²) < 4.78 is 3.21. The molecule has 0 aliphatic heterocycles. The Hall–Kier alpha value is -1.96. The number of halogens is 1. The number of rotatable bonds is 4. The lowest BCUT2D eigenvalue weighted by atomic mass is 10.1. The van der Waals surface area contributed by atoms with Crippen LogP contribution < -0.4 is 4.87 Å². The number of aromatic hydroxyl groups is 1. The highest BCUT2D eigenvalue weighted by Gasteiger charge is 2.19. The third-order valence-corrected chi connectivity index (χ3v) is 6.84. The molecule has 0 aliphatic carbocycles. The van der Waals surface area contributed by atoms with Crippen LogP contribution in [-0.2, 0) is 13.5 Å². The third-order valence-electron chi connectivity index (χ3n) is 4.22. The van der Waals surface area contributed by atoms with Crippen LogP contribution in [0.3, 0.4) is 0 Å². The summed E-state index contributed by atoms with van der Waals surface area (Å²) in [6.45, 7) is 0. The molecule has 4 aromatic rings. The number of hydrogen-bond acceptors (Lipinski definition) is 4. The van der Waals surface area contributed by atoms with Crippen LogP contribution in [0.5, 0.6) is 5.88 Å². The number of aryl methyl sites for hydroxylation is 1. The molecule has 0 bridgehead atoms. The number of thiazole rings is 1. The monoisotopic (exact) mass is 446 g/mol. The highest BCUT2D eigenvalue weighted by atomic mass is 79.9. The minimum atomic E-state index is -0.236. The van der Waals surface area contributed by atoms with Crippen molar-refractivity contribution < 1.29 is 5.11 Å². The molecule has 0 aliphatic rings. The minimum absolute atomic E-state index is 0.0347. The van der Waals surface area contributed by atoms with Crippen molar-refractivity contribution in [2.24, 2.45) is 7.05 Å². The Morgan fingerprint density at radius 3 is 2.62 bits per heavy atom. The van der Waals surface area contributed by atoms with Gasteiger partial charge in [0.25, 0.3) is 0 Å². The molecule has 0 saturated carbocycles. The molecule has 4 rings (SSSR count). The SMILES string of the molecule is Cn1c(Sc2ccc(Br)cc2)c(Cc2sc(=O)[nH]c2O)c2ccccc21. The van der Waals surface area contributed by atoms with Crippen molar-refractivity contribution in [3.8, 4) is 5.88 Å². The molecule has 0 spiro atoms. The van der Waals surface area contributed by atoms with Gasteiger partial charge in [-0.15, -0.1) is 0 Å². The lowest BCUT2D eigenvalue weighted by Gasteiger charge is -2.08. The number of nitrogens with zero attached hydrogens (tertiary/aromatic N) is 1. The van der Waals surface area contributed by atoms with E-state index in [9.17, 15) is 9.90 Å². The Bertz CT molecular complexity index is 1140. The molecule has 0 amide bonds. The van der Waals surface area contributed by atoms with Gasteiger partial charge in [-0.3, -0.25) is 9.78 Å². The van der Waals surface area contributed by atoms with Crippen LogP contribution in [-0.4, -0.2) is 14.7 Å². The van der Waals surface area contributed by atoms with Crippen molar-refractivity contribution in [1.82, 2.24) is 9.55 Å². The van der Waals surface area contributed by atoms with Crippen LogP contribution in [0.15, 0.2) is 67.7 Å². The first kappa shape index (κ1) is 17.5. The molecule has 2 aromatic carbocycles. The number of para-hydroxylation sites is 1. The van der Waals surface area contributed by atoms with E-state index in [4.69, 9.17) is 0 Å². The molecule has 4 nitrogen and oxygen atoms in total. The van der Waals surface area contributed by atoms with Gasteiger partial charge in [-0.05, 0) is 35.9 Å². The second kappa shape index (κ2) is 6.98. The smallest absolute Gasteiger partial charge is 0.307 e. The predicted molar refractivity (Wildman–Crippen MR) is 111 cm³/mol. The molecule has 2 heterocycles. The summed E-state index contributed by atoms with van der Waals surface area (Å²) in [6.07, 6.45) is 0.509. The highest BCUT2D eigenvalue weighted by molar-refractivity contribution is 9.10. The van der Waals surface area contributed by atoms with Gasteiger partial charge in [0.1, 0.15) is 0 Å². The maximum absolute atomic E-state index is 11.6. The van der Waals surface area contributed by atoms with E-state index in [2.05, 4.69) is 49.7 Å². The van der Waals surface area contributed by atoms with Crippen molar-refractivity contribution >= 4 is 49.9 Å². The molecular formula is C19H15BrN2O2S2. The number of aromatic nitrogens is 2. The Morgan fingerprint density at radius 1 is 1.19 bits per heavy atom. The van der Waals surface area contributed by atoms with Crippen LogP contribution in [0.1, 0.15) is 10.4 Å². The summed E-state index contributed by atoms with van der Waals surface area (Å²) in [5, 5.41) is 12.3. The summed E-state index contributed by atoms with van der Waals surface area (Å²) in [6, 6.07) is 16.4. The zero-order chi connectivity index (χ0) is 18.3. The summed E-state index contributed by atoms with van der Waals surface area (Å²) >= 11 is 6.21. The van der Waals surface area contributed by atoms with E-state index in [1.165, 1.54) is 0 Å². The third kappa shape index (κ3) is 3.22. The number of hydrogen-bond donors (Lipinski definition) is 2. The van der Waals surface area contributed by atoms with Crippen molar-refractivity contribution in [1.29, 1.82) is 0 Å². The summed E-state index contributed by atoms with van der Waals surface area (Å²) in [5.74, 6) is -0.0347. The first-order valence-electron chi connectivity index (χ1n) is 7.93. The van der Waals surface area contributed by atoms with Gasteiger partial charge in [-0.1, -0.05) is 57.2 Å². The molecule has 0 fully saturated rings. The van der Waals surface area contributed by atoms with E-state index in [1.807, 2.05) is 31.3 Å². The molecular weight excluding hydrogens is 432 g/mol. The molecule has 7 heteroatoms. The number of aromatic amines is 1. The van der Waals surface area contributed by atoms with Crippen LogP contribution in [0, 0.1) is 0 Å². The average molecular weight is 447 g/mol. The molecule has 132 valence electrons. The molecule has 2 aromatic heterocycles. The fourth-order valence-corrected chi connectivity index (χ4v) is 5.03. The van der Waals surface area contributed by atoms with Crippen LogP contribution in [0.2, 0.25) is 0 Å². The summed E-state index contributed by atoms with van der Waals surface area (Å²) in [5.41, 5.74) is 2.24. The lowest BCUT2D eigenvalue weighted by molar-refractivity contribution is 0.451. The van der Waals surface area contributed by atoms with E-state index in [1.54, 1.807) is 11.8 Å². The molecule has 0 unspecified atom stereocenters. The Labute approximate surface area is 166 Å². The van der Waals surface area contributed by atoms with Crippen molar-refractivity contribution in [3.05, 3.63) is 73.1 Å². The van der Waals surface area contributed by atoms with Gasteiger partial charge >= 0.3 is 4.87 Å². The topological polar surface area (TPSA) is 58.0 Å². The van der Waals surface area contributed by atoms with E-state index in [0.29, 0.717) is 11.3 Å². The van der Waals surface area contributed by atoms with E-state index in [-0.39, 0.29) is 10.8 Å². The van der Waals surface area contributed by atoms with Crippen molar-refractivity contribution in [2.45, 2.75) is 16.3 Å².